The molecule has 0 unspecified atom stereocenters. The van der Waals surface area contributed by atoms with E-state index in [9.17, 15) is 8.78 Å². The molecule has 1 rings (SSSR count). The standard InChI is InChI=1S/C7H7BrF2N2O/c1-13-3-2-4(8)12-6(5(3)11)7(9)10/h2,7H,11H2,1H3. The lowest BCUT2D eigenvalue weighted by molar-refractivity contribution is 0.146. The van der Waals surface area contributed by atoms with Gasteiger partial charge in [0.1, 0.15) is 21.7 Å². The summed E-state index contributed by atoms with van der Waals surface area (Å²) >= 11 is 2.98. The molecule has 2 N–H and O–H groups in total. The van der Waals surface area contributed by atoms with Crippen LogP contribution in [0.4, 0.5) is 14.5 Å². The number of alkyl halides is 2. The molecular weight excluding hydrogens is 246 g/mol. The lowest BCUT2D eigenvalue weighted by Crippen LogP contribution is -2.01. The highest BCUT2D eigenvalue weighted by molar-refractivity contribution is 9.10. The van der Waals surface area contributed by atoms with Gasteiger partial charge in [-0.15, -0.1) is 0 Å². The Bertz CT molecular complexity index is 320. The Morgan fingerprint density at radius 3 is 2.69 bits per heavy atom. The van der Waals surface area contributed by atoms with Crippen LogP contribution in [0.25, 0.3) is 0 Å². The minimum absolute atomic E-state index is 0.124. The first-order chi connectivity index (χ1) is 6.06. The van der Waals surface area contributed by atoms with Crippen molar-refractivity contribution in [2.45, 2.75) is 6.43 Å². The number of anilines is 1. The number of hydrogen-bond donors (Lipinski definition) is 1. The number of rotatable bonds is 2. The second-order valence-corrected chi connectivity index (χ2v) is 3.06. The summed E-state index contributed by atoms with van der Waals surface area (Å²) in [5, 5.41) is 0. The Morgan fingerprint density at radius 2 is 2.23 bits per heavy atom. The Morgan fingerprint density at radius 1 is 1.62 bits per heavy atom. The zero-order valence-electron chi connectivity index (χ0n) is 6.72. The number of nitrogen functional groups attached to an aromatic ring is 1. The molecule has 0 bridgehead atoms. The van der Waals surface area contributed by atoms with E-state index >= 15 is 0 Å². The zero-order chi connectivity index (χ0) is 10.0. The van der Waals surface area contributed by atoms with E-state index in [1.807, 2.05) is 0 Å². The van der Waals surface area contributed by atoms with Crippen LogP contribution in [0.1, 0.15) is 12.1 Å². The van der Waals surface area contributed by atoms with Crippen molar-refractivity contribution in [1.82, 2.24) is 4.98 Å². The van der Waals surface area contributed by atoms with Gasteiger partial charge in [0.05, 0.1) is 7.11 Å². The van der Waals surface area contributed by atoms with Crippen molar-refractivity contribution in [3.8, 4) is 5.75 Å². The van der Waals surface area contributed by atoms with Crippen LogP contribution < -0.4 is 10.5 Å². The maximum atomic E-state index is 12.3. The molecule has 0 saturated carbocycles. The summed E-state index contributed by atoms with van der Waals surface area (Å²) in [6.45, 7) is 0. The fourth-order valence-electron chi connectivity index (χ4n) is 0.855. The third kappa shape index (κ3) is 2.06. The van der Waals surface area contributed by atoms with Crippen LogP contribution >= 0.6 is 15.9 Å². The molecule has 0 atom stereocenters. The first-order valence-corrected chi connectivity index (χ1v) is 4.13. The summed E-state index contributed by atoms with van der Waals surface area (Å²) in [7, 11) is 1.35. The van der Waals surface area contributed by atoms with E-state index in [-0.39, 0.29) is 16.0 Å². The minimum Gasteiger partial charge on any atom is -0.494 e. The van der Waals surface area contributed by atoms with Crippen LogP contribution in [-0.4, -0.2) is 12.1 Å². The Balaban J connectivity index is 3.27. The van der Waals surface area contributed by atoms with Crippen LogP contribution in [-0.2, 0) is 0 Å². The monoisotopic (exact) mass is 252 g/mol. The molecule has 0 radical (unpaired) electrons. The van der Waals surface area contributed by atoms with E-state index in [1.165, 1.54) is 13.2 Å². The predicted molar refractivity (Wildman–Crippen MR) is 47.9 cm³/mol. The molecule has 0 spiro atoms. The minimum atomic E-state index is -2.70. The number of hydrogen-bond acceptors (Lipinski definition) is 3. The van der Waals surface area contributed by atoms with Crippen molar-refractivity contribution >= 4 is 21.6 Å². The molecule has 72 valence electrons. The summed E-state index contributed by atoms with van der Waals surface area (Å²) in [6.07, 6.45) is -2.70. The van der Waals surface area contributed by atoms with Gasteiger partial charge in [-0.2, -0.15) is 0 Å². The first-order valence-electron chi connectivity index (χ1n) is 3.34. The molecule has 1 heterocycles. The molecule has 13 heavy (non-hydrogen) atoms. The molecule has 0 aliphatic heterocycles. The van der Waals surface area contributed by atoms with Crippen LogP contribution in [0.5, 0.6) is 5.75 Å². The molecular formula is C7H7BrF2N2O. The van der Waals surface area contributed by atoms with Gasteiger partial charge in [-0.1, -0.05) is 0 Å². The van der Waals surface area contributed by atoms with E-state index in [0.29, 0.717) is 0 Å². The largest absolute Gasteiger partial charge is 0.494 e. The highest BCUT2D eigenvalue weighted by Crippen LogP contribution is 2.32. The van der Waals surface area contributed by atoms with Crippen molar-refractivity contribution in [3.63, 3.8) is 0 Å². The highest BCUT2D eigenvalue weighted by atomic mass is 79.9. The van der Waals surface area contributed by atoms with Crippen LogP contribution in [0, 0.1) is 0 Å². The van der Waals surface area contributed by atoms with Crippen LogP contribution in [0.3, 0.4) is 0 Å². The quantitative estimate of drug-likeness (QED) is 0.823. The third-order valence-electron chi connectivity index (χ3n) is 1.45. The van der Waals surface area contributed by atoms with E-state index in [1.54, 1.807) is 0 Å². The van der Waals surface area contributed by atoms with Crippen molar-refractivity contribution in [2.24, 2.45) is 0 Å². The van der Waals surface area contributed by atoms with Gasteiger partial charge >= 0.3 is 0 Å². The van der Waals surface area contributed by atoms with Crippen molar-refractivity contribution in [1.29, 1.82) is 0 Å². The highest BCUT2D eigenvalue weighted by Gasteiger charge is 2.17. The lowest BCUT2D eigenvalue weighted by Gasteiger charge is -2.08. The fraction of sp³-hybridized carbons (Fsp3) is 0.286. The summed E-state index contributed by atoms with van der Waals surface area (Å²) in [4.78, 5) is 3.54. The van der Waals surface area contributed by atoms with E-state index in [0.717, 1.165) is 0 Å². The first kappa shape index (κ1) is 10.2. The molecule has 0 amide bonds. The molecule has 1 aromatic rings. The summed E-state index contributed by atoms with van der Waals surface area (Å²) in [5.74, 6) is 0.192. The Kier molecular flexibility index (Phi) is 3.02. The summed E-state index contributed by atoms with van der Waals surface area (Å²) in [6, 6.07) is 1.43. The SMILES string of the molecule is COc1cc(Br)nc(C(F)F)c1N. The second-order valence-electron chi connectivity index (χ2n) is 2.25. The van der Waals surface area contributed by atoms with Crippen LogP contribution in [0.15, 0.2) is 10.7 Å². The van der Waals surface area contributed by atoms with E-state index in [2.05, 4.69) is 20.9 Å². The normalized spacial score (nSPS) is 10.5. The van der Waals surface area contributed by atoms with Gasteiger partial charge in [0.15, 0.2) is 0 Å². The number of ether oxygens (including phenoxy) is 1. The number of nitrogens with two attached hydrogens (primary N) is 1. The van der Waals surface area contributed by atoms with Crippen LogP contribution in [0.2, 0.25) is 0 Å². The van der Waals surface area contributed by atoms with Gasteiger partial charge in [-0.25, -0.2) is 13.8 Å². The molecule has 0 aliphatic rings. The third-order valence-corrected chi connectivity index (χ3v) is 1.85. The molecule has 6 heteroatoms. The topological polar surface area (TPSA) is 48.1 Å². The Labute approximate surface area is 82.0 Å². The maximum Gasteiger partial charge on any atom is 0.282 e. The van der Waals surface area contributed by atoms with Gasteiger partial charge in [0.2, 0.25) is 0 Å². The maximum absolute atomic E-state index is 12.3. The van der Waals surface area contributed by atoms with Gasteiger partial charge in [-0.3, -0.25) is 0 Å². The van der Waals surface area contributed by atoms with E-state index in [4.69, 9.17) is 10.5 Å². The van der Waals surface area contributed by atoms with Gasteiger partial charge < -0.3 is 10.5 Å². The fourth-order valence-corrected chi connectivity index (χ4v) is 1.25. The smallest absolute Gasteiger partial charge is 0.282 e. The molecule has 0 aromatic carbocycles. The number of nitrogens with zero attached hydrogens (tertiary/aromatic N) is 1. The van der Waals surface area contributed by atoms with Gasteiger partial charge in [0, 0.05) is 6.07 Å². The van der Waals surface area contributed by atoms with Gasteiger partial charge in [0.25, 0.3) is 6.43 Å². The van der Waals surface area contributed by atoms with Crippen molar-refractivity contribution in [3.05, 3.63) is 16.4 Å². The van der Waals surface area contributed by atoms with E-state index < -0.39 is 12.1 Å². The molecule has 3 nitrogen and oxygen atoms in total. The molecule has 1 aromatic heterocycles. The van der Waals surface area contributed by atoms with Crippen molar-refractivity contribution < 1.29 is 13.5 Å². The average molecular weight is 253 g/mol. The van der Waals surface area contributed by atoms with Gasteiger partial charge in [-0.05, 0) is 15.9 Å². The predicted octanol–water partition coefficient (Wildman–Crippen LogP) is 2.37. The number of aromatic nitrogens is 1. The number of pyridine rings is 1. The lowest BCUT2D eigenvalue weighted by atomic mass is 10.3. The van der Waals surface area contributed by atoms with Crippen molar-refractivity contribution in [2.75, 3.05) is 12.8 Å². The summed E-state index contributed by atoms with van der Waals surface area (Å²) in [5.41, 5.74) is 4.78. The average Bonchev–Trinajstić information content (AvgIpc) is 2.08. The molecule has 0 saturated heterocycles. The Hall–Kier alpha value is -0.910. The number of halogens is 3. The zero-order valence-corrected chi connectivity index (χ0v) is 8.31. The molecule has 0 aliphatic carbocycles. The number of methoxy groups -OCH3 is 1. The molecule has 0 fully saturated rings. The second kappa shape index (κ2) is 3.87. The summed E-state index contributed by atoms with van der Waals surface area (Å²) < 4.78 is 29.7.